The molecule has 10 nitrogen and oxygen atoms in total. The van der Waals surface area contributed by atoms with Crippen LogP contribution in [0.4, 0.5) is 10.6 Å². The summed E-state index contributed by atoms with van der Waals surface area (Å²) < 4.78 is 5.22. The summed E-state index contributed by atoms with van der Waals surface area (Å²) >= 11 is 0. The average Bonchev–Trinajstić information content (AvgIpc) is 3.29. The van der Waals surface area contributed by atoms with Gasteiger partial charge in [0.2, 0.25) is 0 Å². The van der Waals surface area contributed by atoms with Gasteiger partial charge >= 0.3 is 6.03 Å². The van der Waals surface area contributed by atoms with Crippen LogP contribution in [0.3, 0.4) is 0 Å². The molecule has 0 spiro atoms. The van der Waals surface area contributed by atoms with Crippen LogP contribution >= 0.6 is 0 Å². The third-order valence-electron chi connectivity index (χ3n) is 5.91. The van der Waals surface area contributed by atoms with Gasteiger partial charge in [0, 0.05) is 17.7 Å². The van der Waals surface area contributed by atoms with Crippen molar-refractivity contribution in [1.82, 2.24) is 25.5 Å². The molecule has 166 valence electrons. The lowest BCUT2D eigenvalue weighted by Crippen LogP contribution is -2.52. The van der Waals surface area contributed by atoms with E-state index in [1.54, 1.807) is 47.5 Å². The largest absolute Gasteiger partial charge is 0.497 e. The predicted octanol–water partition coefficient (Wildman–Crippen LogP) is 1.43. The summed E-state index contributed by atoms with van der Waals surface area (Å²) in [5, 5.41) is 5.04. The highest BCUT2D eigenvalue weighted by Gasteiger charge is 2.50. The number of ether oxygens (including phenoxy) is 1. The number of hydrogen-bond donors (Lipinski definition) is 3. The number of nitrogens with two attached hydrogens (primary N) is 1. The van der Waals surface area contributed by atoms with E-state index < -0.39 is 17.5 Å². The van der Waals surface area contributed by atoms with Gasteiger partial charge in [-0.1, -0.05) is 30.3 Å². The Kier molecular flexibility index (Phi) is 4.70. The second-order valence-electron chi connectivity index (χ2n) is 7.90. The van der Waals surface area contributed by atoms with E-state index in [1.807, 2.05) is 6.07 Å². The van der Waals surface area contributed by atoms with Gasteiger partial charge in [-0.25, -0.2) is 9.78 Å². The standard InChI is InChI=1S/C23H20N6O4/c1-33-16-7-4-14-11-29(20(30)17(14)8-16)12-23(21(31)27-22(32)28-23)15-5-2-13(3-6-15)18-9-26-19(24)10-25-18/h2-10H,11-12H2,1H3,(H2,24,26)(H2,27,28,31,32). The third-order valence-corrected chi connectivity index (χ3v) is 5.91. The Morgan fingerprint density at radius 3 is 2.52 bits per heavy atom. The number of nitrogen functional groups attached to an aromatic ring is 1. The zero-order valence-corrected chi connectivity index (χ0v) is 17.7. The number of aromatic nitrogens is 2. The Labute approximate surface area is 188 Å². The van der Waals surface area contributed by atoms with E-state index in [0.29, 0.717) is 34.9 Å². The van der Waals surface area contributed by atoms with E-state index >= 15 is 0 Å². The number of benzene rings is 2. The Balaban J connectivity index is 1.47. The normalized spacial score (nSPS) is 19.3. The molecule has 2 aromatic carbocycles. The average molecular weight is 444 g/mol. The minimum absolute atomic E-state index is 0.0264. The second-order valence-corrected chi connectivity index (χ2v) is 7.90. The van der Waals surface area contributed by atoms with Gasteiger partial charge in [0.05, 0.1) is 31.7 Å². The van der Waals surface area contributed by atoms with Crippen LogP contribution in [0.25, 0.3) is 11.3 Å². The van der Waals surface area contributed by atoms with E-state index in [2.05, 4.69) is 20.6 Å². The predicted molar refractivity (Wildman–Crippen MR) is 118 cm³/mol. The number of hydrogen-bond acceptors (Lipinski definition) is 7. The number of carbonyl (C=O) groups excluding carboxylic acids is 3. The minimum Gasteiger partial charge on any atom is -0.497 e. The summed E-state index contributed by atoms with van der Waals surface area (Å²) in [4.78, 5) is 48.0. The van der Waals surface area contributed by atoms with Gasteiger partial charge < -0.3 is 20.7 Å². The Morgan fingerprint density at radius 2 is 1.88 bits per heavy atom. The van der Waals surface area contributed by atoms with Crippen molar-refractivity contribution in [1.29, 1.82) is 0 Å². The number of anilines is 1. The van der Waals surface area contributed by atoms with Gasteiger partial charge in [0.1, 0.15) is 11.6 Å². The van der Waals surface area contributed by atoms with Crippen molar-refractivity contribution in [3.63, 3.8) is 0 Å². The van der Waals surface area contributed by atoms with E-state index in [-0.39, 0.29) is 12.5 Å². The molecule has 5 rings (SSSR count). The molecule has 3 heterocycles. The van der Waals surface area contributed by atoms with Gasteiger partial charge in [0.25, 0.3) is 11.8 Å². The summed E-state index contributed by atoms with van der Waals surface area (Å²) in [6, 6.07) is 11.7. The molecule has 3 aromatic rings. The molecule has 4 amide bonds. The first kappa shape index (κ1) is 20.4. The number of fused-ring (bicyclic) bond motifs is 1. The van der Waals surface area contributed by atoms with E-state index in [4.69, 9.17) is 10.5 Å². The Bertz CT molecular complexity index is 1280. The first-order valence-corrected chi connectivity index (χ1v) is 10.2. The number of nitrogens with one attached hydrogen (secondary N) is 2. The van der Waals surface area contributed by atoms with Crippen LogP contribution in [0.1, 0.15) is 21.5 Å². The summed E-state index contributed by atoms with van der Waals surface area (Å²) in [6.45, 7) is 0.295. The lowest BCUT2D eigenvalue weighted by atomic mass is 9.88. The molecule has 0 bridgehead atoms. The van der Waals surface area contributed by atoms with Crippen molar-refractivity contribution < 1.29 is 19.1 Å². The highest BCUT2D eigenvalue weighted by molar-refractivity contribution is 6.08. The van der Waals surface area contributed by atoms with Gasteiger partial charge in [0.15, 0.2) is 5.54 Å². The molecule has 33 heavy (non-hydrogen) atoms. The number of urea groups is 1. The van der Waals surface area contributed by atoms with Crippen molar-refractivity contribution in [2.45, 2.75) is 12.1 Å². The Morgan fingerprint density at radius 1 is 1.09 bits per heavy atom. The Hall–Kier alpha value is -4.47. The number of carbonyl (C=O) groups is 3. The summed E-state index contributed by atoms with van der Waals surface area (Å²) in [6.07, 6.45) is 3.01. The number of nitrogens with zero attached hydrogens (tertiary/aromatic N) is 3. The van der Waals surface area contributed by atoms with E-state index in [9.17, 15) is 14.4 Å². The molecule has 0 aliphatic carbocycles. The van der Waals surface area contributed by atoms with Gasteiger partial charge in [-0.05, 0) is 23.3 Å². The van der Waals surface area contributed by atoms with Crippen molar-refractivity contribution >= 4 is 23.7 Å². The first-order chi connectivity index (χ1) is 15.9. The van der Waals surface area contributed by atoms with Crippen molar-refractivity contribution in [2.24, 2.45) is 0 Å². The van der Waals surface area contributed by atoms with Crippen LogP contribution in [0.15, 0.2) is 54.9 Å². The monoisotopic (exact) mass is 444 g/mol. The van der Waals surface area contributed by atoms with Crippen molar-refractivity contribution in [2.75, 3.05) is 19.4 Å². The van der Waals surface area contributed by atoms with Crippen LogP contribution in [0.2, 0.25) is 0 Å². The lowest BCUT2D eigenvalue weighted by Gasteiger charge is -2.31. The first-order valence-electron chi connectivity index (χ1n) is 10.2. The van der Waals surface area contributed by atoms with E-state index in [0.717, 1.165) is 11.1 Å². The van der Waals surface area contributed by atoms with Gasteiger partial charge in [-0.3, -0.25) is 19.9 Å². The van der Waals surface area contributed by atoms with Gasteiger partial charge in [-0.15, -0.1) is 0 Å². The minimum atomic E-state index is -1.43. The summed E-state index contributed by atoms with van der Waals surface area (Å²) in [7, 11) is 1.53. The molecule has 2 aliphatic rings. The smallest absolute Gasteiger partial charge is 0.322 e. The molecule has 1 aromatic heterocycles. The molecule has 1 atom stereocenters. The quantitative estimate of drug-likeness (QED) is 0.506. The molecular weight excluding hydrogens is 424 g/mol. The van der Waals surface area contributed by atoms with Crippen LogP contribution in [0.5, 0.6) is 5.75 Å². The zero-order valence-electron chi connectivity index (χ0n) is 17.7. The topological polar surface area (TPSA) is 140 Å². The maximum atomic E-state index is 13.1. The van der Waals surface area contributed by atoms with Crippen molar-refractivity contribution in [3.05, 3.63) is 71.5 Å². The fourth-order valence-corrected chi connectivity index (χ4v) is 4.19. The van der Waals surface area contributed by atoms with Crippen LogP contribution < -0.4 is 21.1 Å². The van der Waals surface area contributed by atoms with Gasteiger partial charge in [-0.2, -0.15) is 0 Å². The fourth-order valence-electron chi connectivity index (χ4n) is 4.19. The number of amides is 4. The molecule has 2 aliphatic heterocycles. The summed E-state index contributed by atoms with van der Waals surface area (Å²) in [5.41, 5.74) is 7.44. The molecule has 1 saturated heterocycles. The number of methoxy groups -OCH3 is 1. The summed E-state index contributed by atoms with van der Waals surface area (Å²) in [5.74, 6) is 0.139. The zero-order chi connectivity index (χ0) is 23.2. The number of imide groups is 1. The molecule has 4 N–H and O–H groups in total. The fraction of sp³-hybridized carbons (Fsp3) is 0.174. The molecule has 1 unspecified atom stereocenters. The maximum Gasteiger partial charge on any atom is 0.322 e. The molecular formula is C23H20N6O4. The SMILES string of the molecule is COc1ccc2c(c1)C(=O)N(CC1(c3ccc(-c4cnc(N)cn4)cc3)NC(=O)NC1=O)C2. The molecule has 0 saturated carbocycles. The van der Waals surface area contributed by atoms with Crippen molar-refractivity contribution in [3.8, 4) is 17.0 Å². The highest BCUT2D eigenvalue weighted by atomic mass is 16.5. The molecule has 10 heteroatoms. The maximum absolute atomic E-state index is 13.1. The number of rotatable bonds is 5. The third kappa shape index (κ3) is 3.41. The van der Waals surface area contributed by atoms with E-state index in [1.165, 1.54) is 13.3 Å². The highest BCUT2D eigenvalue weighted by Crippen LogP contribution is 2.33. The lowest BCUT2D eigenvalue weighted by molar-refractivity contribution is -0.124. The van der Waals surface area contributed by atoms with Crippen LogP contribution in [-0.4, -0.2) is 46.4 Å². The molecule has 1 fully saturated rings. The second kappa shape index (κ2) is 7.59. The van der Waals surface area contributed by atoms with Crippen LogP contribution in [-0.2, 0) is 16.9 Å². The van der Waals surface area contributed by atoms with Crippen LogP contribution in [0, 0.1) is 0 Å². The molecule has 0 radical (unpaired) electrons.